The van der Waals surface area contributed by atoms with Gasteiger partial charge in [-0.05, 0) is 103 Å². The Labute approximate surface area is 422 Å². The van der Waals surface area contributed by atoms with Crippen LogP contribution in [-0.2, 0) is 28.6 Å². The molecule has 0 saturated carbocycles. The number of rotatable bonds is 46. The molecule has 0 amide bonds. The number of hydrogen-bond acceptors (Lipinski definition) is 6. The number of hydrogen-bond donors (Lipinski definition) is 0. The summed E-state index contributed by atoms with van der Waals surface area (Å²) in [4.78, 5) is 38.1. The molecular weight excluding hydrogens is 853 g/mol. The van der Waals surface area contributed by atoms with E-state index in [1.54, 1.807) is 0 Å². The van der Waals surface area contributed by atoms with Gasteiger partial charge in [-0.25, -0.2) is 0 Å². The van der Waals surface area contributed by atoms with E-state index in [0.717, 1.165) is 103 Å². The molecule has 1 atom stereocenters. The molecule has 0 spiro atoms. The normalized spacial score (nSPS) is 13.4. The Morgan fingerprint density at radius 2 is 0.638 bits per heavy atom. The average Bonchev–Trinajstić information content (AvgIpc) is 3.35. The zero-order valence-electron chi connectivity index (χ0n) is 43.8. The highest BCUT2D eigenvalue weighted by atomic mass is 16.6. The predicted molar refractivity (Wildman–Crippen MR) is 297 cm³/mol. The fourth-order valence-electron chi connectivity index (χ4n) is 6.70. The molecule has 1 unspecified atom stereocenters. The minimum Gasteiger partial charge on any atom is -0.462 e. The van der Waals surface area contributed by atoms with Crippen LogP contribution in [0.2, 0.25) is 0 Å². The Kier molecular flexibility index (Phi) is 51.6. The van der Waals surface area contributed by atoms with Crippen molar-refractivity contribution in [2.24, 2.45) is 0 Å². The van der Waals surface area contributed by atoms with E-state index < -0.39 is 6.10 Å². The van der Waals surface area contributed by atoms with Gasteiger partial charge in [-0.15, -0.1) is 0 Å². The maximum Gasteiger partial charge on any atom is 0.306 e. The van der Waals surface area contributed by atoms with Gasteiger partial charge in [-0.2, -0.15) is 0 Å². The van der Waals surface area contributed by atoms with E-state index in [4.69, 9.17) is 14.2 Å². The van der Waals surface area contributed by atoms with Gasteiger partial charge in [0.25, 0.3) is 0 Å². The predicted octanol–water partition coefficient (Wildman–Crippen LogP) is 18.2. The minimum atomic E-state index is -0.833. The maximum atomic E-state index is 12.8. The molecule has 0 aliphatic heterocycles. The topological polar surface area (TPSA) is 78.9 Å². The van der Waals surface area contributed by atoms with Crippen molar-refractivity contribution in [3.05, 3.63) is 158 Å². The lowest BCUT2D eigenvalue weighted by Crippen LogP contribution is -2.30. The van der Waals surface area contributed by atoms with Crippen molar-refractivity contribution in [2.45, 2.75) is 207 Å². The molecular formula is C63H96O6. The molecule has 384 valence electrons. The molecule has 0 saturated heterocycles. The first-order chi connectivity index (χ1) is 34.0. The largest absolute Gasteiger partial charge is 0.462 e. The first-order valence-electron chi connectivity index (χ1n) is 27.1. The summed E-state index contributed by atoms with van der Waals surface area (Å²) in [5, 5.41) is 0. The van der Waals surface area contributed by atoms with Gasteiger partial charge in [-0.1, -0.05) is 237 Å². The molecule has 6 nitrogen and oxygen atoms in total. The van der Waals surface area contributed by atoms with Crippen molar-refractivity contribution in [2.75, 3.05) is 13.2 Å². The Balaban J connectivity index is 4.63. The van der Waals surface area contributed by atoms with Crippen molar-refractivity contribution in [1.29, 1.82) is 0 Å². The van der Waals surface area contributed by atoms with Gasteiger partial charge in [0, 0.05) is 19.3 Å². The summed E-state index contributed by atoms with van der Waals surface area (Å²) in [7, 11) is 0. The van der Waals surface area contributed by atoms with E-state index in [-0.39, 0.29) is 44.0 Å². The van der Waals surface area contributed by atoms with E-state index >= 15 is 0 Å². The van der Waals surface area contributed by atoms with E-state index in [9.17, 15) is 14.4 Å². The lowest BCUT2D eigenvalue weighted by Gasteiger charge is -2.18. The summed E-state index contributed by atoms with van der Waals surface area (Å²) < 4.78 is 16.7. The second kappa shape index (κ2) is 55.6. The zero-order chi connectivity index (χ0) is 50.0. The van der Waals surface area contributed by atoms with E-state index in [2.05, 4.69) is 106 Å². The summed E-state index contributed by atoms with van der Waals surface area (Å²) in [5.41, 5.74) is 0. The molecule has 0 heterocycles. The third-order valence-corrected chi connectivity index (χ3v) is 10.7. The van der Waals surface area contributed by atoms with E-state index in [1.807, 2.05) is 72.9 Å². The molecule has 0 aromatic rings. The maximum absolute atomic E-state index is 12.8. The van der Waals surface area contributed by atoms with Crippen LogP contribution in [0.4, 0.5) is 0 Å². The minimum absolute atomic E-state index is 0.128. The van der Waals surface area contributed by atoms with Crippen LogP contribution in [0.1, 0.15) is 201 Å². The lowest BCUT2D eigenvalue weighted by molar-refractivity contribution is -0.167. The number of carbonyl (C=O) groups excluding carboxylic acids is 3. The Morgan fingerprint density at radius 1 is 0.319 bits per heavy atom. The highest BCUT2D eigenvalue weighted by molar-refractivity contribution is 5.71. The smallest absolute Gasteiger partial charge is 0.306 e. The van der Waals surface area contributed by atoms with Gasteiger partial charge < -0.3 is 14.2 Å². The van der Waals surface area contributed by atoms with Gasteiger partial charge in [-0.3, -0.25) is 14.4 Å². The molecule has 0 N–H and O–H groups in total. The van der Waals surface area contributed by atoms with Crippen molar-refractivity contribution in [3.8, 4) is 0 Å². The third kappa shape index (κ3) is 53.8. The first-order valence-corrected chi connectivity index (χ1v) is 27.1. The summed E-state index contributed by atoms with van der Waals surface area (Å²) in [6.07, 6.45) is 80.8. The molecule has 0 bridgehead atoms. The summed E-state index contributed by atoms with van der Waals surface area (Å²) in [5.74, 6) is -1.04. The molecule has 0 aromatic heterocycles. The highest BCUT2D eigenvalue weighted by Gasteiger charge is 2.19. The molecule has 0 rings (SSSR count). The third-order valence-electron chi connectivity index (χ3n) is 10.7. The number of esters is 3. The Bertz CT molecular complexity index is 1610. The number of unbranched alkanes of at least 4 members (excludes halogenated alkanes) is 16. The van der Waals surface area contributed by atoms with Crippen LogP contribution in [-0.4, -0.2) is 37.2 Å². The van der Waals surface area contributed by atoms with Crippen LogP contribution in [0.3, 0.4) is 0 Å². The second-order valence-electron chi connectivity index (χ2n) is 17.2. The Hall–Kier alpha value is -4.97. The van der Waals surface area contributed by atoms with Gasteiger partial charge in [0.1, 0.15) is 13.2 Å². The second-order valence-corrected chi connectivity index (χ2v) is 17.2. The number of carbonyl (C=O) groups is 3. The summed E-state index contributed by atoms with van der Waals surface area (Å²) in [6.45, 7) is 6.26. The average molecular weight is 949 g/mol. The summed E-state index contributed by atoms with van der Waals surface area (Å²) >= 11 is 0. The molecule has 6 heteroatoms. The quantitative estimate of drug-likeness (QED) is 0.0199. The molecule has 0 fully saturated rings. The van der Waals surface area contributed by atoms with Crippen molar-refractivity contribution in [1.82, 2.24) is 0 Å². The van der Waals surface area contributed by atoms with Gasteiger partial charge in [0.05, 0.1) is 0 Å². The monoisotopic (exact) mass is 949 g/mol. The van der Waals surface area contributed by atoms with E-state index in [1.165, 1.54) is 44.9 Å². The SMILES string of the molecule is CC\C=C/C=C\C=C/C=C\C=C\C=C/C=C\CCCCCC(=O)OCC(COC(=O)CCCCC/C=C\C=C/CCCCCCCCC)OC(=O)CCCCC/C=C\C/C=C\C/C=C\C/C=C\CC. The van der Waals surface area contributed by atoms with Gasteiger partial charge in [0.2, 0.25) is 0 Å². The van der Waals surface area contributed by atoms with Crippen molar-refractivity contribution in [3.63, 3.8) is 0 Å². The fourth-order valence-corrected chi connectivity index (χ4v) is 6.70. The fraction of sp³-hybridized carbons (Fsp3) is 0.540. The highest BCUT2D eigenvalue weighted by Crippen LogP contribution is 2.12. The molecule has 0 aliphatic carbocycles. The van der Waals surface area contributed by atoms with Crippen LogP contribution in [0, 0.1) is 0 Å². The standard InChI is InChI=1S/C63H96O6/c1-4-7-10-13-16-19-22-25-28-31-32-33-36-38-41-44-47-50-53-56-62(65)68-59-60(69-63(66)57-54-51-48-45-42-39-35-30-27-24-21-18-15-12-9-6-3)58-67-61(64)55-52-49-46-43-40-37-34-29-26-23-20-17-14-11-8-5-2/h7,9-10,12-13,16,18-19,21-22,25,27-34,36-42,60H,4-6,8,11,14-15,17,20,23-24,26,35,43-59H2,1-3H3/b10-7-,12-9-,16-13-,21-18-,22-19-,28-25-,30-27-,32-31+,34-29-,36-33-,40-37-,41-38-,42-39-. The van der Waals surface area contributed by atoms with Gasteiger partial charge >= 0.3 is 17.9 Å². The van der Waals surface area contributed by atoms with Crippen molar-refractivity contribution < 1.29 is 28.6 Å². The number of ether oxygens (including phenoxy) is 3. The molecule has 0 aliphatic rings. The van der Waals surface area contributed by atoms with Crippen LogP contribution in [0.15, 0.2) is 158 Å². The van der Waals surface area contributed by atoms with Crippen molar-refractivity contribution >= 4 is 17.9 Å². The van der Waals surface area contributed by atoms with Crippen LogP contribution < -0.4 is 0 Å². The van der Waals surface area contributed by atoms with E-state index in [0.29, 0.717) is 19.3 Å². The van der Waals surface area contributed by atoms with Crippen LogP contribution in [0.5, 0.6) is 0 Å². The van der Waals surface area contributed by atoms with Crippen LogP contribution in [0.25, 0.3) is 0 Å². The first kappa shape index (κ1) is 64.0. The summed E-state index contributed by atoms with van der Waals surface area (Å²) in [6, 6.07) is 0. The molecule has 0 aromatic carbocycles. The van der Waals surface area contributed by atoms with Gasteiger partial charge in [0.15, 0.2) is 6.10 Å². The molecule has 0 radical (unpaired) electrons. The van der Waals surface area contributed by atoms with Crippen LogP contribution >= 0.6 is 0 Å². The lowest BCUT2D eigenvalue weighted by atomic mass is 10.1. The molecule has 69 heavy (non-hydrogen) atoms. The number of allylic oxidation sites excluding steroid dienone is 26. The zero-order valence-corrected chi connectivity index (χ0v) is 43.8. The Morgan fingerprint density at radius 3 is 1.07 bits per heavy atom.